The lowest BCUT2D eigenvalue weighted by atomic mass is 10.0. The van der Waals surface area contributed by atoms with E-state index in [0.29, 0.717) is 41.8 Å². The molecule has 2 aliphatic heterocycles. The van der Waals surface area contributed by atoms with Crippen LogP contribution in [0.25, 0.3) is 28.0 Å². The van der Waals surface area contributed by atoms with Crippen molar-refractivity contribution < 1.29 is 18.3 Å². The van der Waals surface area contributed by atoms with Crippen molar-refractivity contribution in [3.05, 3.63) is 88.1 Å². The lowest BCUT2D eigenvalue weighted by Crippen LogP contribution is -2.58. The van der Waals surface area contributed by atoms with Crippen LogP contribution in [-0.4, -0.2) is 62.1 Å². The number of hydrogen-bond donors (Lipinski definition) is 0. The molecule has 228 valence electrons. The second-order valence-corrected chi connectivity index (χ2v) is 11.7. The maximum atomic E-state index is 16.2. The Kier molecular flexibility index (Phi) is 7.75. The second-order valence-electron chi connectivity index (χ2n) is 11.7. The minimum absolute atomic E-state index is 0.0149. The molecule has 0 spiro atoms. The van der Waals surface area contributed by atoms with Gasteiger partial charge in [0.15, 0.2) is 5.65 Å². The van der Waals surface area contributed by atoms with Gasteiger partial charge in [0.05, 0.1) is 30.0 Å². The topological polar surface area (TPSA) is 93.5 Å². The van der Waals surface area contributed by atoms with Crippen molar-refractivity contribution in [3.8, 4) is 16.9 Å². The summed E-state index contributed by atoms with van der Waals surface area (Å²) >= 11 is 0. The molecule has 3 aromatic heterocycles. The van der Waals surface area contributed by atoms with Crippen LogP contribution in [0.2, 0.25) is 0 Å². The number of aromatic nitrogens is 4. The summed E-state index contributed by atoms with van der Waals surface area (Å²) in [7, 11) is 0. The summed E-state index contributed by atoms with van der Waals surface area (Å²) < 4.78 is 38.9. The van der Waals surface area contributed by atoms with Gasteiger partial charge in [0.1, 0.15) is 23.1 Å². The van der Waals surface area contributed by atoms with Gasteiger partial charge >= 0.3 is 5.69 Å². The third-order valence-electron chi connectivity index (χ3n) is 8.43. The van der Waals surface area contributed by atoms with Gasteiger partial charge in [0.25, 0.3) is 0 Å². The molecule has 0 aliphatic carbocycles. The van der Waals surface area contributed by atoms with E-state index in [4.69, 9.17) is 9.72 Å². The molecule has 6 rings (SSSR count). The van der Waals surface area contributed by atoms with Gasteiger partial charge in [-0.05, 0) is 61.6 Å². The van der Waals surface area contributed by atoms with E-state index in [9.17, 15) is 9.59 Å². The Labute approximate surface area is 253 Å². The number of carbonyl (C=O) groups excluding carboxylic acids is 1. The highest BCUT2D eigenvalue weighted by molar-refractivity contribution is 5.91. The number of nitrogens with zero attached hydrogens (tertiary/aromatic N) is 6. The van der Waals surface area contributed by atoms with Crippen LogP contribution >= 0.6 is 0 Å². The smallest absolute Gasteiger partial charge is 0.355 e. The summed E-state index contributed by atoms with van der Waals surface area (Å²) in [5.74, 6) is -1.41. The van der Waals surface area contributed by atoms with E-state index in [2.05, 4.69) is 16.5 Å². The summed E-state index contributed by atoms with van der Waals surface area (Å²) in [6.07, 6.45) is 3.42. The summed E-state index contributed by atoms with van der Waals surface area (Å²) in [6.45, 7) is 12.4. The minimum atomic E-state index is -0.758. The van der Waals surface area contributed by atoms with Gasteiger partial charge in [-0.25, -0.2) is 23.1 Å². The Balaban J connectivity index is 1.69. The normalized spacial score (nSPS) is 18.5. The molecule has 44 heavy (non-hydrogen) atoms. The molecule has 1 amide bonds. The molecule has 2 bridgehead atoms. The van der Waals surface area contributed by atoms with Gasteiger partial charge in [-0.1, -0.05) is 32.6 Å². The van der Waals surface area contributed by atoms with Crippen molar-refractivity contribution in [2.24, 2.45) is 0 Å². The van der Waals surface area contributed by atoms with Gasteiger partial charge in [0, 0.05) is 36.9 Å². The molecule has 1 aromatic carbocycles. The Bertz CT molecular complexity index is 1860. The molecule has 1 fully saturated rings. The van der Waals surface area contributed by atoms with E-state index < -0.39 is 17.3 Å². The fourth-order valence-electron chi connectivity index (χ4n) is 6.26. The zero-order valence-electron chi connectivity index (χ0n) is 25.2. The van der Waals surface area contributed by atoms with Crippen molar-refractivity contribution in [3.63, 3.8) is 0 Å². The van der Waals surface area contributed by atoms with Crippen LogP contribution in [0.3, 0.4) is 0 Å². The van der Waals surface area contributed by atoms with Gasteiger partial charge in [-0.2, -0.15) is 4.98 Å². The zero-order chi connectivity index (χ0) is 31.3. The maximum Gasteiger partial charge on any atom is 0.355 e. The maximum absolute atomic E-state index is 16.2. The number of pyridine rings is 2. The highest BCUT2D eigenvalue weighted by Gasteiger charge is 2.34. The summed E-state index contributed by atoms with van der Waals surface area (Å²) in [5.41, 5.74) is 1.70. The molecule has 2 aliphatic rings. The zero-order valence-corrected chi connectivity index (χ0v) is 25.2. The Hall–Kier alpha value is -4.51. The van der Waals surface area contributed by atoms with Crippen LogP contribution in [0.1, 0.15) is 50.4 Å². The van der Waals surface area contributed by atoms with E-state index in [-0.39, 0.29) is 59.8 Å². The number of halogens is 2. The first-order chi connectivity index (χ1) is 21.1. The molecule has 9 nitrogen and oxygen atoms in total. The molecule has 2 atom stereocenters. The van der Waals surface area contributed by atoms with Crippen molar-refractivity contribution in [2.75, 3.05) is 24.6 Å². The van der Waals surface area contributed by atoms with Gasteiger partial charge in [-0.3, -0.25) is 9.78 Å². The molecular formula is C33H34F2N6O3. The average molecular weight is 601 g/mol. The van der Waals surface area contributed by atoms with Crippen LogP contribution in [0.4, 0.5) is 14.6 Å². The number of piperazine rings is 1. The fourth-order valence-corrected chi connectivity index (χ4v) is 6.26. The summed E-state index contributed by atoms with van der Waals surface area (Å²) in [4.78, 5) is 44.2. The number of amides is 1. The molecule has 4 aromatic rings. The van der Waals surface area contributed by atoms with Gasteiger partial charge in [-0.15, -0.1) is 0 Å². The fraction of sp³-hybridized carbons (Fsp3) is 0.364. The van der Waals surface area contributed by atoms with E-state index in [1.54, 1.807) is 23.2 Å². The number of rotatable bonds is 3. The molecule has 11 heteroatoms. The molecule has 0 radical (unpaired) electrons. The Morgan fingerprint density at radius 2 is 1.89 bits per heavy atom. The average Bonchev–Trinajstić information content (AvgIpc) is 2.99. The van der Waals surface area contributed by atoms with Gasteiger partial charge < -0.3 is 14.5 Å². The van der Waals surface area contributed by atoms with Crippen molar-refractivity contribution in [1.29, 1.82) is 0 Å². The Morgan fingerprint density at radius 3 is 2.64 bits per heavy atom. The molecule has 0 saturated carbocycles. The SMILES string of the molecule is C=CC(=O)N1C[C@H](C)N(c2nc(=O)n3c4nc(c(F)cc24)-c2c(F)cccc2COCCc2ccnc(C(C)C)c2-3)C[C@H]1C. The van der Waals surface area contributed by atoms with Crippen molar-refractivity contribution in [2.45, 2.75) is 58.7 Å². The quantitative estimate of drug-likeness (QED) is 0.308. The largest absolute Gasteiger partial charge is 0.376 e. The predicted molar refractivity (Wildman–Crippen MR) is 164 cm³/mol. The second kappa shape index (κ2) is 11.5. The van der Waals surface area contributed by atoms with Crippen LogP contribution in [-0.2, 0) is 22.6 Å². The first kappa shape index (κ1) is 29.6. The molecule has 5 heterocycles. The number of hydrogen-bond acceptors (Lipinski definition) is 7. The number of carbonyl (C=O) groups is 1. The highest BCUT2D eigenvalue weighted by atomic mass is 19.1. The van der Waals surface area contributed by atoms with Crippen LogP contribution in [0.15, 0.2) is 54.0 Å². The lowest BCUT2D eigenvalue weighted by Gasteiger charge is -2.44. The van der Waals surface area contributed by atoms with E-state index in [1.165, 1.54) is 22.8 Å². The predicted octanol–water partition coefficient (Wildman–Crippen LogP) is 4.93. The molecule has 1 saturated heterocycles. The molecule has 0 N–H and O–H groups in total. The number of fused-ring (bicyclic) bond motifs is 5. The first-order valence-corrected chi connectivity index (χ1v) is 14.8. The van der Waals surface area contributed by atoms with Crippen LogP contribution in [0, 0.1) is 11.6 Å². The molecular weight excluding hydrogens is 566 g/mol. The first-order valence-electron chi connectivity index (χ1n) is 14.8. The number of benzene rings is 1. The molecule has 0 unspecified atom stereocenters. The van der Waals surface area contributed by atoms with E-state index in [0.717, 1.165) is 5.56 Å². The third-order valence-corrected chi connectivity index (χ3v) is 8.43. The van der Waals surface area contributed by atoms with E-state index >= 15 is 8.78 Å². The minimum Gasteiger partial charge on any atom is -0.376 e. The van der Waals surface area contributed by atoms with E-state index in [1.807, 2.05) is 38.7 Å². The van der Waals surface area contributed by atoms with Crippen molar-refractivity contribution >= 4 is 22.8 Å². The standard InChI is InChI=1S/C33H34F2N6O3/c1-6-26(42)39-15-20(5)40(16-19(39)4)31-23-14-25(35)29-27-22(8-7-9-24(27)34)17-44-13-11-21-10-12-36-28(18(2)3)30(21)41(32(23)37-29)33(43)38-31/h6-10,12,14,18-20H,1,11,13,15-17H2,2-5H3/t19-,20+/m1/s1. The van der Waals surface area contributed by atoms with Crippen molar-refractivity contribution in [1.82, 2.24) is 24.4 Å². The lowest BCUT2D eigenvalue weighted by molar-refractivity contribution is -0.128. The highest BCUT2D eigenvalue weighted by Crippen LogP contribution is 2.36. The van der Waals surface area contributed by atoms with Gasteiger partial charge in [0.2, 0.25) is 5.91 Å². The Morgan fingerprint density at radius 1 is 1.09 bits per heavy atom. The number of ether oxygens (including phenoxy) is 1. The number of anilines is 1. The monoisotopic (exact) mass is 600 g/mol. The third kappa shape index (κ3) is 4.94. The van der Waals surface area contributed by atoms with Crippen LogP contribution < -0.4 is 10.6 Å². The van der Waals surface area contributed by atoms with Crippen LogP contribution in [0.5, 0.6) is 0 Å². The summed E-state index contributed by atoms with van der Waals surface area (Å²) in [6, 6.07) is 7.11. The summed E-state index contributed by atoms with van der Waals surface area (Å²) in [5, 5.41) is 0.295.